The summed E-state index contributed by atoms with van der Waals surface area (Å²) in [5.74, 6) is -5.01. The van der Waals surface area contributed by atoms with Gasteiger partial charge in [-0.15, -0.1) is 0 Å². The summed E-state index contributed by atoms with van der Waals surface area (Å²) >= 11 is 0. The second-order valence-corrected chi connectivity index (χ2v) is 12.1. The predicted molar refractivity (Wildman–Crippen MR) is 169 cm³/mol. The van der Waals surface area contributed by atoms with Gasteiger partial charge in [0.1, 0.15) is 29.6 Å². The number of nitrogens with zero attached hydrogens (tertiary/aromatic N) is 4. The maximum atomic E-state index is 15.1. The van der Waals surface area contributed by atoms with E-state index >= 15 is 8.78 Å². The standard InChI is InChI=1S/C32H26F2N6O7S/c1-39-12-11-28(41)40(32(39)44)23-7-3-19(4-8-23)13-27(31(43)47-2)37-30(42)29-25(33)14-22(15-26(29)34)38-48(45,46)24-9-5-20(6-10-24)21-16-35-18-36-17-21/h3-12,14-18,27,38H,13H2,1-2H3,(H,37,42)/t27-/m0/s1. The molecule has 48 heavy (non-hydrogen) atoms. The van der Waals surface area contributed by atoms with Gasteiger partial charge in [-0.25, -0.2) is 41.3 Å². The van der Waals surface area contributed by atoms with Crippen LogP contribution in [-0.4, -0.2) is 52.5 Å². The van der Waals surface area contributed by atoms with Crippen LogP contribution in [0.5, 0.6) is 0 Å². The number of hydrogen-bond acceptors (Lipinski definition) is 9. The maximum Gasteiger partial charge on any atom is 0.335 e. The SMILES string of the molecule is COC(=O)[C@H](Cc1ccc(-n2c(=O)ccn(C)c2=O)cc1)NC(=O)c1c(F)cc(NS(=O)(=O)c2ccc(-c3cncnc3)cc2)cc1F. The summed E-state index contributed by atoms with van der Waals surface area (Å²) in [5, 5.41) is 2.25. The van der Waals surface area contributed by atoms with Gasteiger partial charge in [0.2, 0.25) is 0 Å². The van der Waals surface area contributed by atoms with Gasteiger partial charge in [-0.2, -0.15) is 0 Å². The van der Waals surface area contributed by atoms with Crippen molar-refractivity contribution in [1.29, 1.82) is 0 Å². The van der Waals surface area contributed by atoms with Gasteiger partial charge in [-0.3, -0.25) is 14.3 Å². The summed E-state index contributed by atoms with van der Waals surface area (Å²) in [7, 11) is -1.74. The zero-order valence-corrected chi connectivity index (χ0v) is 26.1. The van der Waals surface area contributed by atoms with E-state index in [4.69, 9.17) is 4.74 Å². The van der Waals surface area contributed by atoms with E-state index in [-0.39, 0.29) is 17.0 Å². The third-order valence-electron chi connectivity index (χ3n) is 7.16. The topological polar surface area (TPSA) is 171 Å². The highest BCUT2D eigenvalue weighted by atomic mass is 32.2. The summed E-state index contributed by atoms with van der Waals surface area (Å²) in [6, 6.07) is 12.6. The Hall–Kier alpha value is -6.03. The molecule has 0 aliphatic heterocycles. The monoisotopic (exact) mass is 676 g/mol. The first-order valence-electron chi connectivity index (χ1n) is 14.0. The first kappa shape index (κ1) is 33.3. The Morgan fingerprint density at radius 3 is 2.15 bits per heavy atom. The molecule has 2 heterocycles. The summed E-state index contributed by atoms with van der Waals surface area (Å²) in [4.78, 5) is 57.8. The minimum Gasteiger partial charge on any atom is -0.467 e. The van der Waals surface area contributed by atoms with Crippen molar-refractivity contribution in [2.75, 3.05) is 11.8 Å². The Balaban J connectivity index is 1.31. The molecule has 2 aromatic heterocycles. The molecular weight excluding hydrogens is 650 g/mol. The zero-order chi connectivity index (χ0) is 34.6. The lowest BCUT2D eigenvalue weighted by molar-refractivity contribution is -0.142. The average molecular weight is 677 g/mol. The number of amides is 1. The highest BCUT2D eigenvalue weighted by molar-refractivity contribution is 7.92. The fraction of sp³-hybridized carbons (Fsp3) is 0.125. The number of sulfonamides is 1. The molecular formula is C32H26F2N6O7S. The normalized spacial score (nSPS) is 11.8. The van der Waals surface area contributed by atoms with Gasteiger partial charge in [-0.05, 0) is 47.5 Å². The van der Waals surface area contributed by atoms with Crippen molar-refractivity contribution in [1.82, 2.24) is 24.4 Å². The number of aryl methyl sites for hydroxylation is 1. The lowest BCUT2D eigenvalue weighted by Gasteiger charge is -2.18. The second-order valence-electron chi connectivity index (χ2n) is 10.4. The Bertz CT molecular complexity index is 2200. The van der Waals surface area contributed by atoms with Gasteiger partial charge >= 0.3 is 11.7 Å². The van der Waals surface area contributed by atoms with E-state index in [0.717, 1.165) is 11.7 Å². The number of benzene rings is 3. The largest absolute Gasteiger partial charge is 0.467 e. The number of hydrogen-bond donors (Lipinski definition) is 2. The molecule has 2 N–H and O–H groups in total. The molecule has 0 saturated carbocycles. The number of methoxy groups -OCH3 is 1. The summed E-state index contributed by atoms with van der Waals surface area (Å²) in [6.45, 7) is 0. The average Bonchev–Trinajstić information content (AvgIpc) is 3.06. The van der Waals surface area contributed by atoms with Crippen molar-refractivity contribution in [3.05, 3.63) is 135 Å². The first-order valence-corrected chi connectivity index (χ1v) is 15.5. The molecule has 0 fully saturated rings. The molecule has 0 radical (unpaired) electrons. The van der Waals surface area contributed by atoms with Gasteiger partial charge in [0.05, 0.1) is 23.4 Å². The zero-order valence-electron chi connectivity index (χ0n) is 25.3. The molecule has 246 valence electrons. The van der Waals surface area contributed by atoms with Crippen LogP contribution in [0.4, 0.5) is 14.5 Å². The molecule has 0 bridgehead atoms. The number of anilines is 1. The lowest BCUT2D eigenvalue weighted by Crippen LogP contribution is -2.43. The lowest BCUT2D eigenvalue weighted by atomic mass is 10.0. The Kier molecular flexibility index (Phi) is 9.56. The molecule has 3 aromatic carbocycles. The highest BCUT2D eigenvalue weighted by Crippen LogP contribution is 2.24. The van der Waals surface area contributed by atoms with E-state index < -0.39 is 62.1 Å². The van der Waals surface area contributed by atoms with E-state index in [1.807, 2.05) is 0 Å². The van der Waals surface area contributed by atoms with E-state index in [0.29, 0.717) is 28.8 Å². The van der Waals surface area contributed by atoms with Crippen LogP contribution in [0.25, 0.3) is 16.8 Å². The Labute approximate surface area is 271 Å². The molecule has 0 aliphatic rings. The van der Waals surface area contributed by atoms with E-state index in [9.17, 15) is 27.6 Å². The molecule has 1 atom stereocenters. The number of rotatable bonds is 10. The number of halogens is 2. The van der Waals surface area contributed by atoms with Crippen molar-refractivity contribution in [3.8, 4) is 16.8 Å². The minimum atomic E-state index is -4.29. The second kappa shape index (κ2) is 13.8. The van der Waals surface area contributed by atoms with E-state index in [2.05, 4.69) is 20.0 Å². The van der Waals surface area contributed by atoms with E-state index in [1.165, 1.54) is 78.7 Å². The van der Waals surface area contributed by atoms with E-state index in [1.54, 1.807) is 12.4 Å². The predicted octanol–water partition coefficient (Wildman–Crippen LogP) is 2.59. The van der Waals surface area contributed by atoms with Gasteiger partial charge in [0.15, 0.2) is 0 Å². The number of carbonyl (C=O) groups excluding carboxylic acids is 2. The number of carbonyl (C=O) groups is 2. The van der Waals surface area contributed by atoms with Crippen LogP contribution < -0.4 is 21.3 Å². The van der Waals surface area contributed by atoms with Crippen LogP contribution >= 0.6 is 0 Å². The van der Waals surface area contributed by atoms with Crippen LogP contribution in [0, 0.1) is 11.6 Å². The van der Waals surface area contributed by atoms with Crippen LogP contribution in [0.2, 0.25) is 0 Å². The number of ether oxygens (including phenoxy) is 1. The third-order valence-corrected chi connectivity index (χ3v) is 8.56. The minimum absolute atomic E-state index is 0.183. The molecule has 0 aliphatic carbocycles. The van der Waals surface area contributed by atoms with Crippen LogP contribution in [0.1, 0.15) is 15.9 Å². The van der Waals surface area contributed by atoms with Gasteiger partial charge in [0, 0.05) is 43.7 Å². The van der Waals surface area contributed by atoms with Crippen LogP contribution in [0.15, 0.2) is 106 Å². The fourth-order valence-electron chi connectivity index (χ4n) is 4.72. The van der Waals surface area contributed by atoms with Crippen molar-refractivity contribution in [3.63, 3.8) is 0 Å². The molecule has 0 spiro atoms. The number of nitrogens with one attached hydrogen (secondary N) is 2. The van der Waals surface area contributed by atoms with Crippen LogP contribution in [0.3, 0.4) is 0 Å². The third kappa shape index (κ3) is 7.18. The molecule has 13 nitrogen and oxygen atoms in total. The van der Waals surface area contributed by atoms with Crippen molar-refractivity contribution in [2.24, 2.45) is 7.05 Å². The summed E-state index contributed by atoms with van der Waals surface area (Å²) in [6.07, 6.45) is 5.59. The molecule has 0 unspecified atom stereocenters. The van der Waals surface area contributed by atoms with Crippen molar-refractivity contribution >= 4 is 27.6 Å². The molecule has 1 amide bonds. The van der Waals surface area contributed by atoms with Crippen molar-refractivity contribution < 1.29 is 31.5 Å². The molecule has 5 aromatic rings. The highest BCUT2D eigenvalue weighted by Gasteiger charge is 2.27. The summed E-state index contributed by atoms with van der Waals surface area (Å²) in [5.41, 5.74) is -0.689. The van der Waals surface area contributed by atoms with Gasteiger partial charge < -0.3 is 14.6 Å². The van der Waals surface area contributed by atoms with Gasteiger partial charge in [0.25, 0.3) is 21.5 Å². The summed E-state index contributed by atoms with van der Waals surface area (Å²) < 4.78 is 65.1. The number of aromatic nitrogens is 4. The quantitative estimate of drug-likeness (QED) is 0.211. The number of esters is 1. The maximum absolute atomic E-state index is 15.1. The van der Waals surface area contributed by atoms with Crippen molar-refractivity contribution in [2.45, 2.75) is 17.4 Å². The first-order chi connectivity index (χ1) is 22.9. The van der Waals surface area contributed by atoms with Crippen LogP contribution in [-0.2, 0) is 33.0 Å². The fourth-order valence-corrected chi connectivity index (χ4v) is 5.76. The Morgan fingerprint density at radius 2 is 1.54 bits per heavy atom. The molecule has 0 saturated heterocycles. The van der Waals surface area contributed by atoms with Gasteiger partial charge in [-0.1, -0.05) is 24.3 Å². The Morgan fingerprint density at radius 1 is 0.917 bits per heavy atom. The molecule has 16 heteroatoms. The smallest absolute Gasteiger partial charge is 0.335 e. The molecule has 5 rings (SSSR count).